The fourth-order valence-electron chi connectivity index (χ4n) is 5.72. The summed E-state index contributed by atoms with van der Waals surface area (Å²) < 4.78 is 5.01. The quantitative estimate of drug-likeness (QED) is 0.271. The number of pyridine rings is 1. The van der Waals surface area contributed by atoms with Gasteiger partial charge in [-0.1, -0.05) is 87.5 Å². The van der Waals surface area contributed by atoms with Gasteiger partial charge in [0.05, 0.1) is 35.6 Å². The molecule has 10 nitrogen and oxygen atoms in total. The van der Waals surface area contributed by atoms with Crippen molar-refractivity contribution in [1.29, 1.82) is 0 Å². The van der Waals surface area contributed by atoms with E-state index in [0.717, 1.165) is 10.6 Å². The molecule has 2 N–H and O–H groups in total. The van der Waals surface area contributed by atoms with Crippen LogP contribution in [0.1, 0.15) is 36.7 Å². The zero-order valence-electron chi connectivity index (χ0n) is 25.4. The highest BCUT2D eigenvalue weighted by Gasteiger charge is 2.38. The van der Waals surface area contributed by atoms with Crippen molar-refractivity contribution in [2.75, 3.05) is 31.8 Å². The Bertz CT molecular complexity index is 1660. The van der Waals surface area contributed by atoms with Crippen LogP contribution in [-0.2, 0) is 11.3 Å². The van der Waals surface area contributed by atoms with Crippen LogP contribution in [0.4, 0.5) is 15.3 Å². The van der Waals surface area contributed by atoms with Crippen molar-refractivity contribution < 1.29 is 24.2 Å². The predicted octanol–water partition coefficient (Wildman–Crippen LogP) is 6.03. The van der Waals surface area contributed by atoms with E-state index in [2.05, 4.69) is 10.3 Å². The number of hydrogen-bond acceptors (Lipinski definition) is 6. The van der Waals surface area contributed by atoms with Crippen molar-refractivity contribution in [2.24, 2.45) is 5.41 Å². The Labute approximate surface area is 256 Å². The number of piperazine rings is 1. The van der Waals surface area contributed by atoms with Crippen LogP contribution in [0.25, 0.3) is 22.2 Å². The summed E-state index contributed by atoms with van der Waals surface area (Å²) in [7, 11) is 1.26. The normalized spacial score (nSPS) is 15.5. The molecule has 1 aliphatic heterocycles. The number of hydrazine groups is 1. The van der Waals surface area contributed by atoms with Gasteiger partial charge in [0.15, 0.2) is 0 Å². The van der Waals surface area contributed by atoms with Crippen molar-refractivity contribution in [2.45, 2.75) is 33.4 Å². The number of carbonyl (C=O) groups is 3. The molecule has 3 aromatic carbocycles. The topological polar surface area (TPSA) is 115 Å². The van der Waals surface area contributed by atoms with E-state index in [4.69, 9.17) is 9.72 Å². The lowest BCUT2D eigenvalue weighted by Crippen LogP contribution is -2.59. The maximum atomic E-state index is 14.4. The van der Waals surface area contributed by atoms with Crippen LogP contribution in [0.15, 0.2) is 84.9 Å². The molecule has 2 heterocycles. The maximum absolute atomic E-state index is 14.4. The van der Waals surface area contributed by atoms with Gasteiger partial charge in [0.25, 0.3) is 5.91 Å². The minimum Gasteiger partial charge on any atom is -0.465 e. The number of anilines is 1. The summed E-state index contributed by atoms with van der Waals surface area (Å²) in [6.45, 7) is 7.75. The number of carbonyl (C=O) groups excluding carboxylic acids is 2. The minimum absolute atomic E-state index is 0.257. The second kappa shape index (κ2) is 12.7. The van der Waals surface area contributed by atoms with E-state index in [1.165, 1.54) is 12.0 Å². The number of ether oxygens (including phenoxy) is 1. The standard InChI is InChI=1S/C34H37N5O5/c1-34(2,3)28-22-37(19-20-38(28)32(41)42)21-26-29(31(40)36-39(33(43)44-4)24-15-9-6-10-16-24)25-17-11-12-18-27(25)35-30(26)23-13-7-5-8-14-23/h5-18,28H,19-22H2,1-4H3,(H,36,40)(H,41,42). The lowest BCUT2D eigenvalue weighted by atomic mass is 9.84. The van der Waals surface area contributed by atoms with Crippen molar-refractivity contribution in [3.8, 4) is 11.3 Å². The molecule has 1 unspecified atom stereocenters. The molecule has 0 radical (unpaired) electrons. The predicted molar refractivity (Wildman–Crippen MR) is 169 cm³/mol. The monoisotopic (exact) mass is 595 g/mol. The molecule has 0 bridgehead atoms. The smallest absolute Gasteiger partial charge is 0.433 e. The summed E-state index contributed by atoms with van der Waals surface area (Å²) in [6.07, 6.45) is -1.68. The minimum atomic E-state index is -0.939. The number of carboxylic acid groups (broad SMARTS) is 1. The van der Waals surface area contributed by atoms with E-state index in [-0.39, 0.29) is 11.5 Å². The third-order valence-corrected chi connectivity index (χ3v) is 7.94. The van der Waals surface area contributed by atoms with E-state index in [1.807, 2.05) is 81.4 Å². The van der Waals surface area contributed by atoms with E-state index >= 15 is 0 Å². The second-order valence-electron chi connectivity index (χ2n) is 11.9. The highest BCUT2D eigenvalue weighted by atomic mass is 16.5. The number of benzene rings is 3. The number of hydrogen-bond donors (Lipinski definition) is 2. The van der Waals surface area contributed by atoms with Gasteiger partial charge in [-0.25, -0.2) is 14.6 Å². The van der Waals surface area contributed by atoms with Crippen molar-refractivity contribution >= 4 is 34.7 Å². The van der Waals surface area contributed by atoms with Crippen LogP contribution in [0.3, 0.4) is 0 Å². The fourth-order valence-corrected chi connectivity index (χ4v) is 5.72. The maximum Gasteiger partial charge on any atom is 0.433 e. The van der Waals surface area contributed by atoms with Gasteiger partial charge >= 0.3 is 12.2 Å². The number of amides is 3. The van der Waals surface area contributed by atoms with Gasteiger partial charge in [-0.2, -0.15) is 5.01 Å². The molecule has 0 saturated carbocycles. The molecule has 3 amide bonds. The van der Waals surface area contributed by atoms with Gasteiger partial charge in [-0.15, -0.1) is 0 Å². The molecule has 0 aliphatic carbocycles. The molecule has 1 saturated heterocycles. The average Bonchev–Trinajstić information content (AvgIpc) is 3.03. The van der Waals surface area contributed by atoms with Gasteiger partial charge in [-0.05, 0) is 23.6 Å². The zero-order valence-corrected chi connectivity index (χ0v) is 25.4. The summed E-state index contributed by atoms with van der Waals surface area (Å²) in [5.74, 6) is -0.499. The highest BCUT2D eigenvalue weighted by Crippen LogP contribution is 2.34. The second-order valence-corrected chi connectivity index (χ2v) is 11.9. The Hall–Kier alpha value is -4.96. The van der Waals surface area contributed by atoms with Gasteiger partial charge in [0.1, 0.15) is 0 Å². The molecule has 4 aromatic rings. The number of fused-ring (bicyclic) bond motifs is 1. The molecule has 5 rings (SSSR count). The summed E-state index contributed by atoms with van der Waals surface area (Å²) in [5.41, 5.74) is 6.10. The molecular formula is C34H37N5O5. The SMILES string of the molecule is COC(=O)N(NC(=O)c1c(CN2CCN(C(=O)O)C(C(C)(C)C)C2)c(-c2ccccc2)nc2ccccc12)c1ccccc1. The third-order valence-electron chi connectivity index (χ3n) is 7.94. The molecule has 1 aromatic heterocycles. The number of nitrogens with zero attached hydrogens (tertiary/aromatic N) is 4. The van der Waals surface area contributed by atoms with E-state index < -0.39 is 18.1 Å². The number of methoxy groups -OCH3 is 1. The van der Waals surface area contributed by atoms with E-state index in [0.29, 0.717) is 59.6 Å². The van der Waals surface area contributed by atoms with Crippen molar-refractivity contribution in [3.05, 3.63) is 96.1 Å². The van der Waals surface area contributed by atoms with Gasteiger partial charge in [0, 0.05) is 42.7 Å². The van der Waals surface area contributed by atoms with Crippen LogP contribution in [-0.4, -0.2) is 70.8 Å². The summed E-state index contributed by atoms with van der Waals surface area (Å²) in [5, 5.41) is 11.6. The molecule has 1 aliphatic rings. The molecular weight excluding hydrogens is 558 g/mol. The molecule has 1 fully saturated rings. The van der Waals surface area contributed by atoms with Crippen LogP contribution in [0.5, 0.6) is 0 Å². The Balaban J connectivity index is 1.65. The lowest BCUT2D eigenvalue weighted by Gasteiger charge is -2.46. The van der Waals surface area contributed by atoms with Crippen LogP contribution in [0.2, 0.25) is 0 Å². The lowest BCUT2D eigenvalue weighted by molar-refractivity contribution is 0.0190. The third kappa shape index (κ3) is 6.35. The first-order valence-corrected chi connectivity index (χ1v) is 14.5. The average molecular weight is 596 g/mol. The largest absolute Gasteiger partial charge is 0.465 e. The van der Waals surface area contributed by atoms with Crippen molar-refractivity contribution in [3.63, 3.8) is 0 Å². The number of para-hydroxylation sites is 2. The van der Waals surface area contributed by atoms with Gasteiger partial charge in [0.2, 0.25) is 0 Å². The summed E-state index contributed by atoms with van der Waals surface area (Å²) in [6, 6.07) is 25.6. The molecule has 0 spiro atoms. The first-order valence-electron chi connectivity index (χ1n) is 14.5. The Morgan fingerprint density at radius 1 is 0.955 bits per heavy atom. The highest BCUT2D eigenvalue weighted by molar-refractivity contribution is 6.10. The Morgan fingerprint density at radius 3 is 2.23 bits per heavy atom. The molecule has 44 heavy (non-hydrogen) atoms. The van der Waals surface area contributed by atoms with Crippen LogP contribution < -0.4 is 10.4 Å². The Kier molecular flexibility index (Phi) is 8.82. The number of aromatic nitrogens is 1. The number of nitrogens with one attached hydrogen (secondary N) is 1. The van der Waals surface area contributed by atoms with Crippen LogP contribution >= 0.6 is 0 Å². The van der Waals surface area contributed by atoms with E-state index in [1.54, 1.807) is 24.3 Å². The van der Waals surface area contributed by atoms with Crippen LogP contribution in [0, 0.1) is 5.41 Å². The summed E-state index contributed by atoms with van der Waals surface area (Å²) in [4.78, 5) is 48.1. The number of rotatable bonds is 5. The molecule has 1 atom stereocenters. The first kappa shape index (κ1) is 30.5. The Morgan fingerprint density at radius 2 is 1.59 bits per heavy atom. The zero-order chi connectivity index (χ0) is 31.4. The molecule has 10 heteroatoms. The van der Waals surface area contributed by atoms with Crippen molar-refractivity contribution in [1.82, 2.24) is 20.2 Å². The van der Waals surface area contributed by atoms with Gasteiger partial charge in [-0.3, -0.25) is 15.1 Å². The summed E-state index contributed by atoms with van der Waals surface area (Å²) >= 11 is 0. The van der Waals surface area contributed by atoms with E-state index in [9.17, 15) is 19.5 Å². The first-order chi connectivity index (χ1) is 21.1. The van der Waals surface area contributed by atoms with Gasteiger partial charge < -0.3 is 14.7 Å². The molecule has 228 valence electrons. The fraction of sp³-hybridized carbons (Fsp3) is 0.294.